The lowest BCUT2D eigenvalue weighted by molar-refractivity contribution is -0.167. The number of benzene rings is 1. The fraction of sp³-hybridized carbons (Fsp3) is 0.455. The number of carbonyl (C=O) groups excluding carboxylic acids is 2. The van der Waals surface area contributed by atoms with E-state index in [-0.39, 0.29) is 16.0 Å². The maximum atomic E-state index is 13.1. The molecule has 0 radical (unpaired) electrons. The molecule has 0 spiro atoms. The standard InChI is InChI=1S/C22H25F3N2O3S/c1-21(2,3)12-5-10-15-16(11-12)31-19(27-20(29)22(23,24)25)17(15)18(28)26-13-6-8-14(30-4)9-7-13/h6-9,12H,5,10-11H2,1-4H3,(H,26,28)(H,27,29)/t12-/m1/s1. The van der Waals surface area contributed by atoms with Gasteiger partial charge in [0.05, 0.1) is 12.7 Å². The fourth-order valence-corrected chi connectivity index (χ4v) is 5.02. The Morgan fingerprint density at radius 1 is 1.10 bits per heavy atom. The van der Waals surface area contributed by atoms with Crippen molar-refractivity contribution in [2.45, 2.75) is 46.2 Å². The number of alkyl halides is 3. The smallest absolute Gasteiger partial charge is 0.471 e. The van der Waals surface area contributed by atoms with Gasteiger partial charge in [0.2, 0.25) is 0 Å². The monoisotopic (exact) mass is 454 g/mol. The van der Waals surface area contributed by atoms with Gasteiger partial charge in [-0.25, -0.2) is 0 Å². The molecule has 9 heteroatoms. The van der Waals surface area contributed by atoms with Crippen LogP contribution in [-0.4, -0.2) is 25.1 Å². The van der Waals surface area contributed by atoms with Crippen LogP contribution in [0, 0.1) is 11.3 Å². The predicted molar refractivity (Wildman–Crippen MR) is 115 cm³/mol. The summed E-state index contributed by atoms with van der Waals surface area (Å²) in [7, 11) is 1.52. The van der Waals surface area contributed by atoms with E-state index in [1.807, 2.05) is 5.32 Å². The maximum absolute atomic E-state index is 13.1. The zero-order valence-corrected chi connectivity index (χ0v) is 18.6. The van der Waals surface area contributed by atoms with E-state index in [0.717, 1.165) is 22.6 Å². The topological polar surface area (TPSA) is 67.4 Å². The predicted octanol–water partition coefficient (Wildman–Crippen LogP) is 5.66. The molecule has 2 N–H and O–H groups in total. The molecule has 168 valence electrons. The Hall–Kier alpha value is -2.55. The average molecular weight is 455 g/mol. The molecule has 3 rings (SSSR count). The van der Waals surface area contributed by atoms with Crippen molar-refractivity contribution in [2.24, 2.45) is 11.3 Å². The SMILES string of the molecule is COc1ccc(NC(=O)c2c(NC(=O)C(F)(F)F)sc3c2CC[C@@H](C(C)(C)C)C3)cc1. The number of rotatable bonds is 4. The van der Waals surface area contributed by atoms with Crippen molar-refractivity contribution in [2.75, 3.05) is 17.7 Å². The van der Waals surface area contributed by atoms with Crippen LogP contribution in [0.2, 0.25) is 0 Å². The molecule has 0 bridgehead atoms. The van der Waals surface area contributed by atoms with E-state index in [1.54, 1.807) is 24.3 Å². The molecule has 1 aromatic carbocycles. The number of fused-ring (bicyclic) bond motifs is 1. The highest BCUT2D eigenvalue weighted by Crippen LogP contribution is 2.44. The molecule has 0 unspecified atom stereocenters. The van der Waals surface area contributed by atoms with Crippen LogP contribution in [0.5, 0.6) is 5.75 Å². The number of halogens is 3. The van der Waals surface area contributed by atoms with Crippen LogP contribution >= 0.6 is 11.3 Å². The van der Waals surface area contributed by atoms with Gasteiger partial charge in [0.25, 0.3) is 5.91 Å². The van der Waals surface area contributed by atoms with Gasteiger partial charge >= 0.3 is 12.1 Å². The summed E-state index contributed by atoms with van der Waals surface area (Å²) >= 11 is 1.06. The Morgan fingerprint density at radius 2 is 1.74 bits per heavy atom. The summed E-state index contributed by atoms with van der Waals surface area (Å²) in [5.74, 6) is -1.69. The minimum atomic E-state index is -5.04. The molecular weight excluding hydrogens is 429 g/mol. The van der Waals surface area contributed by atoms with E-state index < -0.39 is 18.0 Å². The molecule has 0 aliphatic heterocycles. The summed E-state index contributed by atoms with van der Waals surface area (Å²) in [6, 6.07) is 6.61. The second kappa shape index (κ2) is 8.53. The van der Waals surface area contributed by atoms with E-state index in [9.17, 15) is 22.8 Å². The van der Waals surface area contributed by atoms with Crippen molar-refractivity contribution in [1.82, 2.24) is 0 Å². The molecule has 1 atom stereocenters. The quantitative estimate of drug-likeness (QED) is 0.626. The Morgan fingerprint density at radius 3 is 2.29 bits per heavy atom. The summed E-state index contributed by atoms with van der Waals surface area (Å²) in [4.78, 5) is 25.5. The van der Waals surface area contributed by atoms with Gasteiger partial charge in [0, 0.05) is 10.6 Å². The molecule has 0 fully saturated rings. The molecule has 0 saturated carbocycles. The first-order chi connectivity index (χ1) is 14.4. The van der Waals surface area contributed by atoms with E-state index in [2.05, 4.69) is 26.1 Å². The zero-order chi connectivity index (χ0) is 23.0. The number of hydrogen-bond donors (Lipinski definition) is 2. The second-order valence-corrected chi connectivity index (χ2v) is 9.75. The molecule has 0 saturated heterocycles. The lowest BCUT2D eigenvalue weighted by Crippen LogP contribution is -2.30. The average Bonchev–Trinajstić information content (AvgIpc) is 3.04. The van der Waals surface area contributed by atoms with Gasteiger partial charge in [0.1, 0.15) is 10.8 Å². The van der Waals surface area contributed by atoms with Crippen LogP contribution in [0.15, 0.2) is 24.3 Å². The number of ether oxygens (including phenoxy) is 1. The van der Waals surface area contributed by atoms with E-state index in [0.29, 0.717) is 35.8 Å². The van der Waals surface area contributed by atoms with Crippen LogP contribution < -0.4 is 15.4 Å². The lowest BCUT2D eigenvalue weighted by Gasteiger charge is -2.33. The Bertz CT molecular complexity index is 976. The van der Waals surface area contributed by atoms with E-state index in [4.69, 9.17) is 4.74 Å². The molecule has 31 heavy (non-hydrogen) atoms. The van der Waals surface area contributed by atoms with Crippen molar-refractivity contribution in [3.63, 3.8) is 0 Å². The minimum absolute atomic E-state index is 0.0303. The lowest BCUT2D eigenvalue weighted by atomic mass is 9.72. The number of amides is 2. The largest absolute Gasteiger partial charge is 0.497 e. The van der Waals surface area contributed by atoms with Crippen LogP contribution in [0.4, 0.5) is 23.9 Å². The second-order valence-electron chi connectivity index (χ2n) is 8.65. The number of hydrogen-bond acceptors (Lipinski definition) is 4. The van der Waals surface area contributed by atoms with Gasteiger partial charge in [-0.3, -0.25) is 9.59 Å². The normalized spacial score (nSPS) is 16.4. The minimum Gasteiger partial charge on any atom is -0.497 e. The molecule has 1 aromatic heterocycles. The van der Waals surface area contributed by atoms with Gasteiger partial charge in [-0.05, 0) is 60.4 Å². The maximum Gasteiger partial charge on any atom is 0.471 e. The van der Waals surface area contributed by atoms with Crippen LogP contribution in [-0.2, 0) is 17.6 Å². The van der Waals surface area contributed by atoms with Gasteiger partial charge in [-0.1, -0.05) is 20.8 Å². The Balaban J connectivity index is 1.95. The molecule has 2 aromatic rings. The van der Waals surface area contributed by atoms with E-state index in [1.165, 1.54) is 7.11 Å². The highest BCUT2D eigenvalue weighted by molar-refractivity contribution is 7.17. The van der Waals surface area contributed by atoms with Crippen molar-refractivity contribution in [1.29, 1.82) is 0 Å². The van der Waals surface area contributed by atoms with Gasteiger partial charge in [-0.2, -0.15) is 13.2 Å². The number of nitrogens with one attached hydrogen (secondary N) is 2. The zero-order valence-electron chi connectivity index (χ0n) is 17.8. The van der Waals surface area contributed by atoms with Gasteiger partial charge in [-0.15, -0.1) is 11.3 Å². The van der Waals surface area contributed by atoms with Gasteiger partial charge in [0.15, 0.2) is 0 Å². The summed E-state index contributed by atoms with van der Waals surface area (Å²) in [6.45, 7) is 6.37. The number of anilines is 2. The fourth-order valence-electron chi connectivity index (χ4n) is 3.70. The van der Waals surface area contributed by atoms with Crippen molar-refractivity contribution in [3.8, 4) is 5.75 Å². The first-order valence-electron chi connectivity index (χ1n) is 9.88. The van der Waals surface area contributed by atoms with Gasteiger partial charge < -0.3 is 15.4 Å². The van der Waals surface area contributed by atoms with Crippen LogP contribution in [0.25, 0.3) is 0 Å². The number of methoxy groups -OCH3 is 1. The molecule has 1 heterocycles. The third-order valence-corrected chi connectivity index (χ3v) is 6.72. The Labute approximate surface area is 183 Å². The molecule has 2 amide bonds. The number of carbonyl (C=O) groups is 2. The Kier molecular flexibility index (Phi) is 6.36. The first-order valence-corrected chi connectivity index (χ1v) is 10.7. The van der Waals surface area contributed by atoms with Crippen LogP contribution in [0.3, 0.4) is 0 Å². The third-order valence-electron chi connectivity index (χ3n) is 5.55. The molecule has 5 nitrogen and oxygen atoms in total. The first kappa shape index (κ1) is 23.1. The molecule has 1 aliphatic rings. The van der Waals surface area contributed by atoms with Crippen molar-refractivity contribution >= 4 is 33.8 Å². The summed E-state index contributed by atoms with van der Waals surface area (Å²) in [5, 5.41) is 4.58. The summed E-state index contributed by atoms with van der Waals surface area (Å²) < 4.78 is 43.7. The summed E-state index contributed by atoms with van der Waals surface area (Å²) in [5.41, 5.74) is 1.33. The molecular formula is C22H25F3N2O3S. The van der Waals surface area contributed by atoms with Crippen LogP contribution in [0.1, 0.15) is 48.0 Å². The van der Waals surface area contributed by atoms with E-state index >= 15 is 0 Å². The number of thiophene rings is 1. The van der Waals surface area contributed by atoms with Crippen molar-refractivity contribution in [3.05, 3.63) is 40.3 Å². The summed E-state index contributed by atoms with van der Waals surface area (Å²) in [6.07, 6.45) is -2.99. The highest BCUT2D eigenvalue weighted by atomic mass is 32.1. The highest BCUT2D eigenvalue weighted by Gasteiger charge is 2.41. The van der Waals surface area contributed by atoms with Crippen molar-refractivity contribution < 1.29 is 27.5 Å². The molecule has 1 aliphatic carbocycles. The third kappa shape index (κ3) is 5.20.